The normalized spacial score (nSPS) is 9.23. The summed E-state index contributed by atoms with van der Waals surface area (Å²) in [4.78, 5) is 10.7. The van der Waals surface area contributed by atoms with Crippen molar-refractivity contribution in [2.24, 2.45) is 0 Å². The molecule has 66 valence electrons. The lowest BCUT2D eigenvalue weighted by atomic mass is 10.00. The highest BCUT2D eigenvalue weighted by molar-refractivity contribution is 5.90. The standard InChI is InChI=1S/C10H9NO2/c1-2-8-7(6-11)4-3-5-9(8)10(12)13/h3-5H,2H2,1H3,(H,12,13). The van der Waals surface area contributed by atoms with Crippen LogP contribution in [0.1, 0.15) is 28.4 Å². The van der Waals surface area contributed by atoms with Crippen molar-refractivity contribution >= 4 is 5.97 Å². The van der Waals surface area contributed by atoms with Crippen LogP contribution in [0.2, 0.25) is 0 Å². The van der Waals surface area contributed by atoms with Crippen LogP contribution in [-0.2, 0) is 6.42 Å². The summed E-state index contributed by atoms with van der Waals surface area (Å²) in [7, 11) is 0. The zero-order valence-electron chi connectivity index (χ0n) is 7.24. The summed E-state index contributed by atoms with van der Waals surface area (Å²) >= 11 is 0. The van der Waals surface area contributed by atoms with E-state index < -0.39 is 5.97 Å². The zero-order valence-corrected chi connectivity index (χ0v) is 7.24. The molecular weight excluding hydrogens is 166 g/mol. The molecule has 0 atom stereocenters. The maximum absolute atomic E-state index is 10.7. The third-order valence-corrected chi connectivity index (χ3v) is 1.88. The molecule has 0 unspecified atom stereocenters. The van der Waals surface area contributed by atoms with Crippen LogP contribution in [0, 0.1) is 11.3 Å². The Balaban J connectivity index is 3.38. The highest BCUT2D eigenvalue weighted by Crippen LogP contribution is 2.14. The van der Waals surface area contributed by atoms with Gasteiger partial charge in [-0.05, 0) is 24.1 Å². The maximum atomic E-state index is 10.7. The quantitative estimate of drug-likeness (QED) is 0.745. The van der Waals surface area contributed by atoms with Crippen LogP contribution in [-0.4, -0.2) is 11.1 Å². The predicted molar refractivity (Wildman–Crippen MR) is 47.5 cm³/mol. The van der Waals surface area contributed by atoms with E-state index in [1.165, 1.54) is 6.07 Å². The lowest BCUT2D eigenvalue weighted by Gasteiger charge is -2.04. The van der Waals surface area contributed by atoms with Gasteiger partial charge in [0.05, 0.1) is 17.2 Å². The van der Waals surface area contributed by atoms with Gasteiger partial charge >= 0.3 is 5.97 Å². The van der Waals surface area contributed by atoms with Gasteiger partial charge < -0.3 is 5.11 Å². The molecule has 0 saturated heterocycles. The maximum Gasteiger partial charge on any atom is 0.336 e. The summed E-state index contributed by atoms with van der Waals surface area (Å²) in [5.74, 6) is -0.978. The SMILES string of the molecule is CCc1c(C#N)cccc1C(=O)O. The third kappa shape index (κ3) is 1.67. The van der Waals surface area contributed by atoms with Crippen molar-refractivity contribution in [2.75, 3.05) is 0 Å². The number of carboxylic acid groups (broad SMARTS) is 1. The molecule has 0 aromatic heterocycles. The summed E-state index contributed by atoms with van der Waals surface area (Å²) in [6.07, 6.45) is 0.561. The van der Waals surface area contributed by atoms with Crippen molar-refractivity contribution in [3.05, 3.63) is 34.9 Å². The molecule has 0 spiro atoms. The van der Waals surface area contributed by atoms with Crippen molar-refractivity contribution in [1.82, 2.24) is 0 Å². The van der Waals surface area contributed by atoms with E-state index in [1.54, 1.807) is 12.1 Å². The van der Waals surface area contributed by atoms with E-state index in [2.05, 4.69) is 0 Å². The van der Waals surface area contributed by atoms with Gasteiger partial charge in [-0.15, -0.1) is 0 Å². The highest BCUT2D eigenvalue weighted by atomic mass is 16.4. The average Bonchev–Trinajstić information content (AvgIpc) is 2.16. The van der Waals surface area contributed by atoms with Crippen molar-refractivity contribution in [1.29, 1.82) is 5.26 Å². The van der Waals surface area contributed by atoms with Crippen LogP contribution in [0.5, 0.6) is 0 Å². The zero-order chi connectivity index (χ0) is 9.84. The first-order valence-electron chi connectivity index (χ1n) is 3.96. The van der Waals surface area contributed by atoms with Crippen LogP contribution in [0.4, 0.5) is 0 Å². The molecule has 1 N–H and O–H groups in total. The molecule has 0 heterocycles. The summed E-state index contributed by atoms with van der Waals surface area (Å²) in [5.41, 5.74) is 1.28. The minimum Gasteiger partial charge on any atom is -0.478 e. The second-order valence-electron chi connectivity index (χ2n) is 2.60. The van der Waals surface area contributed by atoms with Gasteiger partial charge in [0.15, 0.2) is 0 Å². The Morgan fingerprint density at radius 1 is 1.62 bits per heavy atom. The van der Waals surface area contributed by atoms with Gasteiger partial charge in [-0.3, -0.25) is 0 Å². The highest BCUT2D eigenvalue weighted by Gasteiger charge is 2.11. The lowest BCUT2D eigenvalue weighted by Crippen LogP contribution is -2.03. The van der Waals surface area contributed by atoms with Crippen molar-refractivity contribution in [2.45, 2.75) is 13.3 Å². The van der Waals surface area contributed by atoms with E-state index in [0.29, 0.717) is 17.5 Å². The number of carboxylic acids is 1. The van der Waals surface area contributed by atoms with Gasteiger partial charge in [0, 0.05) is 0 Å². The second-order valence-corrected chi connectivity index (χ2v) is 2.60. The molecule has 1 aromatic rings. The Morgan fingerprint density at radius 3 is 2.77 bits per heavy atom. The Hall–Kier alpha value is -1.82. The number of carbonyl (C=O) groups is 1. The number of hydrogen-bond donors (Lipinski definition) is 1. The Labute approximate surface area is 76.2 Å². The van der Waals surface area contributed by atoms with E-state index in [-0.39, 0.29) is 5.56 Å². The molecule has 0 amide bonds. The summed E-state index contributed by atoms with van der Waals surface area (Å²) in [6.45, 7) is 1.84. The van der Waals surface area contributed by atoms with Crippen LogP contribution < -0.4 is 0 Å². The molecule has 0 saturated carbocycles. The van der Waals surface area contributed by atoms with Crippen LogP contribution in [0.15, 0.2) is 18.2 Å². The smallest absolute Gasteiger partial charge is 0.336 e. The number of aromatic carboxylic acids is 1. The number of benzene rings is 1. The molecule has 0 bridgehead atoms. The van der Waals surface area contributed by atoms with E-state index in [4.69, 9.17) is 10.4 Å². The van der Waals surface area contributed by atoms with Gasteiger partial charge in [0.2, 0.25) is 0 Å². The molecule has 3 heteroatoms. The summed E-state index contributed by atoms with van der Waals surface area (Å²) < 4.78 is 0. The first-order chi connectivity index (χ1) is 6.20. The Morgan fingerprint density at radius 2 is 2.31 bits per heavy atom. The molecule has 13 heavy (non-hydrogen) atoms. The van der Waals surface area contributed by atoms with Crippen LogP contribution in [0.3, 0.4) is 0 Å². The fourth-order valence-corrected chi connectivity index (χ4v) is 1.27. The molecular formula is C10H9NO2. The van der Waals surface area contributed by atoms with Crippen LogP contribution >= 0.6 is 0 Å². The number of rotatable bonds is 2. The van der Waals surface area contributed by atoms with Gasteiger partial charge in [-0.1, -0.05) is 13.0 Å². The van der Waals surface area contributed by atoms with E-state index in [0.717, 1.165) is 0 Å². The van der Waals surface area contributed by atoms with E-state index in [1.807, 2.05) is 13.0 Å². The van der Waals surface area contributed by atoms with E-state index in [9.17, 15) is 4.79 Å². The summed E-state index contributed by atoms with van der Waals surface area (Å²) in [5, 5.41) is 17.5. The molecule has 0 radical (unpaired) electrons. The third-order valence-electron chi connectivity index (χ3n) is 1.88. The molecule has 0 aliphatic rings. The summed E-state index contributed by atoms with van der Waals surface area (Å²) in [6, 6.07) is 6.71. The van der Waals surface area contributed by atoms with E-state index >= 15 is 0 Å². The van der Waals surface area contributed by atoms with Crippen LogP contribution in [0.25, 0.3) is 0 Å². The number of hydrogen-bond acceptors (Lipinski definition) is 2. The second kappa shape index (κ2) is 3.72. The monoisotopic (exact) mass is 175 g/mol. The van der Waals surface area contributed by atoms with Crippen molar-refractivity contribution in [3.8, 4) is 6.07 Å². The molecule has 3 nitrogen and oxygen atoms in total. The average molecular weight is 175 g/mol. The first-order valence-corrected chi connectivity index (χ1v) is 3.96. The van der Waals surface area contributed by atoms with Crippen molar-refractivity contribution in [3.63, 3.8) is 0 Å². The Bertz CT molecular complexity index is 377. The van der Waals surface area contributed by atoms with Gasteiger partial charge in [0.25, 0.3) is 0 Å². The fraction of sp³-hybridized carbons (Fsp3) is 0.200. The predicted octanol–water partition coefficient (Wildman–Crippen LogP) is 1.82. The minimum atomic E-state index is -0.978. The number of nitrogens with zero attached hydrogens (tertiary/aromatic N) is 1. The molecule has 1 rings (SSSR count). The first kappa shape index (κ1) is 9.27. The van der Waals surface area contributed by atoms with Gasteiger partial charge in [0.1, 0.15) is 0 Å². The lowest BCUT2D eigenvalue weighted by molar-refractivity contribution is 0.0695. The van der Waals surface area contributed by atoms with Gasteiger partial charge in [-0.25, -0.2) is 4.79 Å². The molecule has 0 fully saturated rings. The number of nitriles is 1. The molecule has 0 aliphatic carbocycles. The molecule has 0 aliphatic heterocycles. The Kier molecular flexibility index (Phi) is 2.65. The largest absolute Gasteiger partial charge is 0.478 e. The minimum absolute atomic E-state index is 0.224. The fourth-order valence-electron chi connectivity index (χ4n) is 1.27. The van der Waals surface area contributed by atoms with Gasteiger partial charge in [-0.2, -0.15) is 5.26 Å². The van der Waals surface area contributed by atoms with Crippen molar-refractivity contribution < 1.29 is 9.90 Å². The molecule has 1 aromatic carbocycles. The topological polar surface area (TPSA) is 61.1 Å².